The Hall–Kier alpha value is -3.22. The summed E-state index contributed by atoms with van der Waals surface area (Å²) in [7, 11) is 4.53. The van der Waals surface area contributed by atoms with Gasteiger partial charge in [0.1, 0.15) is 17.2 Å². The van der Waals surface area contributed by atoms with Gasteiger partial charge in [0.25, 0.3) is 5.91 Å². The van der Waals surface area contributed by atoms with E-state index in [4.69, 9.17) is 14.2 Å². The van der Waals surface area contributed by atoms with Gasteiger partial charge in [0.15, 0.2) is 0 Å². The summed E-state index contributed by atoms with van der Waals surface area (Å²) in [5.41, 5.74) is 1.36. The molecule has 2 amide bonds. The molecule has 0 atom stereocenters. The Balaban J connectivity index is 2.27. The summed E-state index contributed by atoms with van der Waals surface area (Å²) in [5, 5.41) is 5.43. The molecule has 0 aromatic heterocycles. The summed E-state index contributed by atoms with van der Waals surface area (Å²) in [6, 6.07) is 9.85. The molecule has 0 saturated carbocycles. The lowest BCUT2D eigenvalue weighted by Gasteiger charge is -2.13. The van der Waals surface area contributed by atoms with Crippen molar-refractivity contribution in [2.24, 2.45) is 0 Å². The van der Waals surface area contributed by atoms with Crippen LogP contribution in [0.3, 0.4) is 0 Å². The molecule has 0 heterocycles. The second kappa shape index (κ2) is 8.05. The standard InChI is InChI=1S/C18H20N2O5/c1-11(21)19-16-9-13(5-6-17(16)25-4)20-18(22)12-7-14(23-2)10-15(8-12)24-3/h5-10H,1-4H3,(H,19,21)(H,20,22). The third kappa shape index (κ3) is 4.63. The van der Waals surface area contributed by atoms with E-state index in [1.807, 2.05) is 0 Å². The second-order valence-electron chi connectivity index (χ2n) is 5.15. The van der Waals surface area contributed by atoms with Crippen molar-refractivity contribution < 1.29 is 23.8 Å². The maximum absolute atomic E-state index is 12.5. The van der Waals surface area contributed by atoms with Crippen molar-refractivity contribution in [3.8, 4) is 17.2 Å². The van der Waals surface area contributed by atoms with Crippen molar-refractivity contribution in [3.63, 3.8) is 0 Å². The fourth-order valence-electron chi connectivity index (χ4n) is 2.21. The van der Waals surface area contributed by atoms with Gasteiger partial charge in [0.05, 0.1) is 27.0 Å². The van der Waals surface area contributed by atoms with Gasteiger partial charge in [-0.3, -0.25) is 9.59 Å². The molecule has 0 unspecified atom stereocenters. The van der Waals surface area contributed by atoms with Gasteiger partial charge in [0, 0.05) is 24.2 Å². The molecule has 25 heavy (non-hydrogen) atoms. The molecule has 2 N–H and O–H groups in total. The Labute approximate surface area is 145 Å². The molecule has 7 nitrogen and oxygen atoms in total. The molecule has 0 radical (unpaired) electrons. The van der Waals surface area contributed by atoms with E-state index in [0.717, 1.165) is 0 Å². The number of carbonyl (C=O) groups excluding carboxylic acids is 2. The van der Waals surface area contributed by atoms with Crippen LogP contribution in [0.15, 0.2) is 36.4 Å². The predicted octanol–water partition coefficient (Wildman–Crippen LogP) is 2.92. The van der Waals surface area contributed by atoms with E-state index < -0.39 is 0 Å². The molecule has 2 rings (SSSR count). The highest BCUT2D eigenvalue weighted by Crippen LogP contribution is 2.29. The maximum Gasteiger partial charge on any atom is 0.255 e. The first kappa shape index (κ1) is 18.1. The number of anilines is 2. The van der Waals surface area contributed by atoms with E-state index in [9.17, 15) is 9.59 Å². The molecular weight excluding hydrogens is 324 g/mol. The maximum atomic E-state index is 12.5. The fourth-order valence-corrected chi connectivity index (χ4v) is 2.21. The van der Waals surface area contributed by atoms with E-state index in [1.165, 1.54) is 28.3 Å². The van der Waals surface area contributed by atoms with Crippen LogP contribution in [0.5, 0.6) is 17.2 Å². The Morgan fingerprint density at radius 1 is 0.840 bits per heavy atom. The summed E-state index contributed by atoms with van der Waals surface area (Å²) < 4.78 is 15.5. The quantitative estimate of drug-likeness (QED) is 0.841. The lowest BCUT2D eigenvalue weighted by Crippen LogP contribution is -2.13. The minimum absolute atomic E-state index is 0.237. The van der Waals surface area contributed by atoms with Crippen LogP contribution in [0, 0.1) is 0 Å². The number of methoxy groups -OCH3 is 3. The summed E-state index contributed by atoms with van der Waals surface area (Å²) in [6.07, 6.45) is 0. The number of nitrogens with one attached hydrogen (secondary N) is 2. The number of hydrogen-bond donors (Lipinski definition) is 2. The largest absolute Gasteiger partial charge is 0.497 e. The van der Waals surface area contributed by atoms with Gasteiger partial charge in [-0.1, -0.05) is 0 Å². The van der Waals surface area contributed by atoms with Crippen LogP contribution in [0.25, 0.3) is 0 Å². The Bertz CT molecular complexity index is 767. The summed E-state index contributed by atoms with van der Waals surface area (Å²) in [6.45, 7) is 1.40. The van der Waals surface area contributed by atoms with E-state index >= 15 is 0 Å². The van der Waals surface area contributed by atoms with E-state index in [0.29, 0.717) is 34.2 Å². The molecule has 0 aliphatic heterocycles. The molecule has 0 aliphatic carbocycles. The molecule has 0 aliphatic rings. The normalized spacial score (nSPS) is 9.92. The van der Waals surface area contributed by atoms with Gasteiger partial charge >= 0.3 is 0 Å². The van der Waals surface area contributed by atoms with E-state index in [-0.39, 0.29) is 11.8 Å². The van der Waals surface area contributed by atoms with Gasteiger partial charge in [-0.15, -0.1) is 0 Å². The summed E-state index contributed by atoms with van der Waals surface area (Å²) >= 11 is 0. The van der Waals surface area contributed by atoms with Gasteiger partial charge < -0.3 is 24.8 Å². The van der Waals surface area contributed by atoms with Crippen molar-refractivity contribution in [1.82, 2.24) is 0 Å². The molecule has 0 fully saturated rings. The first-order valence-electron chi connectivity index (χ1n) is 7.47. The summed E-state index contributed by atoms with van der Waals surface area (Å²) in [5.74, 6) is 0.947. The highest BCUT2D eigenvalue weighted by molar-refractivity contribution is 6.05. The highest BCUT2D eigenvalue weighted by atomic mass is 16.5. The van der Waals surface area contributed by atoms with Gasteiger partial charge in [-0.25, -0.2) is 0 Å². The molecule has 0 bridgehead atoms. The van der Waals surface area contributed by atoms with Crippen molar-refractivity contribution >= 4 is 23.2 Å². The molecule has 7 heteroatoms. The average molecular weight is 344 g/mol. The van der Waals surface area contributed by atoms with E-state index in [2.05, 4.69) is 10.6 Å². The molecule has 2 aromatic rings. The molecule has 2 aromatic carbocycles. The number of amides is 2. The zero-order chi connectivity index (χ0) is 18.4. The SMILES string of the molecule is COc1cc(OC)cc(C(=O)Nc2ccc(OC)c(NC(C)=O)c2)c1. The fraction of sp³-hybridized carbons (Fsp3) is 0.222. The Kier molecular flexibility index (Phi) is 5.84. The first-order chi connectivity index (χ1) is 12.0. The Morgan fingerprint density at radius 2 is 1.48 bits per heavy atom. The topological polar surface area (TPSA) is 85.9 Å². The van der Waals surface area contributed by atoms with Crippen LogP contribution in [0.1, 0.15) is 17.3 Å². The second-order valence-corrected chi connectivity index (χ2v) is 5.15. The number of rotatable bonds is 6. The van der Waals surface area contributed by atoms with Crippen LogP contribution in [-0.2, 0) is 4.79 Å². The molecule has 0 spiro atoms. The van der Waals surface area contributed by atoms with Crippen molar-refractivity contribution in [3.05, 3.63) is 42.0 Å². The summed E-state index contributed by atoms with van der Waals surface area (Å²) in [4.78, 5) is 23.8. The average Bonchev–Trinajstić information content (AvgIpc) is 2.60. The number of ether oxygens (including phenoxy) is 3. The van der Waals surface area contributed by atoms with Crippen molar-refractivity contribution in [2.75, 3.05) is 32.0 Å². The van der Waals surface area contributed by atoms with Crippen LogP contribution < -0.4 is 24.8 Å². The smallest absolute Gasteiger partial charge is 0.255 e. The predicted molar refractivity (Wildman–Crippen MR) is 94.8 cm³/mol. The van der Waals surface area contributed by atoms with Crippen LogP contribution in [-0.4, -0.2) is 33.1 Å². The molecule has 0 saturated heterocycles. The minimum atomic E-state index is -0.337. The molecule has 132 valence electrons. The molecular formula is C18H20N2O5. The third-order valence-electron chi connectivity index (χ3n) is 3.38. The number of hydrogen-bond acceptors (Lipinski definition) is 5. The Morgan fingerprint density at radius 3 is 2.00 bits per heavy atom. The van der Waals surface area contributed by atoms with Crippen LogP contribution in [0.2, 0.25) is 0 Å². The van der Waals surface area contributed by atoms with Gasteiger partial charge in [0.2, 0.25) is 5.91 Å². The lowest BCUT2D eigenvalue weighted by molar-refractivity contribution is -0.114. The van der Waals surface area contributed by atoms with Crippen LogP contribution in [0.4, 0.5) is 11.4 Å². The minimum Gasteiger partial charge on any atom is -0.497 e. The number of benzene rings is 2. The zero-order valence-electron chi connectivity index (χ0n) is 14.5. The van der Waals surface area contributed by atoms with Gasteiger partial charge in [-0.05, 0) is 30.3 Å². The highest BCUT2D eigenvalue weighted by Gasteiger charge is 2.12. The first-order valence-corrected chi connectivity index (χ1v) is 7.47. The third-order valence-corrected chi connectivity index (χ3v) is 3.38. The lowest BCUT2D eigenvalue weighted by atomic mass is 10.1. The van der Waals surface area contributed by atoms with Gasteiger partial charge in [-0.2, -0.15) is 0 Å². The van der Waals surface area contributed by atoms with E-state index in [1.54, 1.807) is 36.4 Å². The van der Waals surface area contributed by atoms with Crippen LogP contribution >= 0.6 is 0 Å². The van der Waals surface area contributed by atoms with Crippen molar-refractivity contribution in [1.29, 1.82) is 0 Å². The zero-order valence-corrected chi connectivity index (χ0v) is 14.5. The van der Waals surface area contributed by atoms with Crippen molar-refractivity contribution in [2.45, 2.75) is 6.92 Å². The number of carbonyl (C=O) groups is 2. The monoisotopic (exact) mass is 344 g/mol.